The first-order valence-corrected chi connectivity index (χ1v) is 7.40. The van der Waals surface area contributed by atoms with E-state index in [0.29, 0.717) is 13.1 Å². The molecule has 1 aromatic heterocycles. The molecule has 2 aromatic rings. The van der Waals surface area contributed by atoms with Crippen LogP contribution in [0.3, 0.4) is 0 Å². The summed E-state index contributed by atoms with van der Waals surface area (Å²) in [5, 5.41) is 9.98. The van der Waals surface area contributed by atoms with Crippen molar-refractivity contribution < 1.29 is 23.0 Å². The maximum atomic E-state index is 12.5. The molecule has 0 bridgehead atoms. The van der Waals surface area contributed by atoms with Gasteiger partial charge in [0.1, 0.15) is 18.5 Å². The number of likely N-dealkylation sites (N-methyl/N-ethyl adjacent to an activating group) is 1. The molecule has 0 amide bonds. The van der Waals surface area contributed by atoms with Crippen LogP contribution in [0.2, 0.25) is 0 Å². The topological polar surface area (TPSA) is 45.6 Å². The highest BCUT2D eigenvalue weighted by Crippen LogP contribution is 2.30. The lowest BCUT2D eigenvalue weighted by Gasteiger charge is -2.20. The van der Waals surface area contributed by atoms with E-state index in [4.69, 9.17) is 4.74 Å². The van der Waals surface area contributed by atoms with Gasteiger partial charge in [-0.2, -0.15) is 13.2 Å². The lowest BCUT2D eigenvalue weighted by molar-refractivity contribution is -0.137. The Bertz CT molecular complexity index is 618. The maximum absolute atomic E-state index is 12.5. The molecule has 0 radical (unpaired) electrons. The van der Waals surface area contributed by atoms with Gasteiger partial charge >= 0.3 is 6.18 Å². The van der Waals surface area contributed by atoms with Crippen LogP contribution in [0.5, 0.6) is 5.75 Å². The van der Waals surface area contributed by atoms with Crippen molar-refractivity contribution in [3.63, 3.8) is 0 Å². The molecule has 4 nitrogen and oxygen atoms in total. The smallest absolute Gasteiger partial charge is 0.416 e. The minimum absolute atomic E-state index is 0.00272. The largest absolute Gasteiger partial charge is 0.491 e. The molecule has 2 rings (SSSR count). The van der Waals surface area contributed by atoms with Gasteiger partial charge in [-0.1, -0.05) is 6.07 Å². The van der Waals surface area contributed by atoms with E-state index in [1.165, 1.54) is 12.1 Å². The van der Waals surface area contributed by atoms with Gasteiger partial charge in [0.25, 0.3) is 0 Å². The van der Waals surface area contributed by atoms with Crippen LogP contribution >= 0.6 is 0 Å². The number of nitrogens with zero attached hydrogens (tertiary/aromatic N) is 2. The molecule has 1 N–H and O–H groups in total. The van der Waals surface area contributed by atoms with E-state index in [1.807, 2.05) is 24.1 Å². The molecule has 24 heavy (non-hydrogen) atoms. The second-order valence-electron chi connectivity index (χ2n) is 5.54. The van der Waals surface area contributed by atoms with Gasteiger partial charge in [-0.25, -0.2) is 0 Å². The molecule has 0 unspecified atom stereocenters. The molecule has 0 saturated heterocycles. The van der Waals surface area contributed by atoms with Gasteiger partial charge in [-0.3, -0.25) is 9.88 Å². The number of aliphatic hydroxyl groups is 1. The number of ether oxygens (including phenoxy) is 1. The fourth-order valence-corrected chi connectivity index (χ4v) is 2.21. The summed E-state index contributed by atoms with van der Waals surface area (Å²) in [5.41, 5.74) is 0.294. The number of aromatic nitrogens is 1. The minimum atomic E-state index is -4.37. The van der Waals surface area contributed by atoms with Gasteiger partial charge in [0.05, 0.1) is 5.56 Å². The predicted octanol–water partition coefficient (Wildman–Crippen LogP) is 2.97. The van der Waals surface area contributed by atoms with Crippen molar-refractivity contribution >= 4 is 0 Å². The Balaban J connectivity index is 1.77. The fraction of sp³-hybridized carbons (Fsp3) is 0.353. The average Bonchev–Trinajstić information content (AvgIpc) is 2.53. The quantitative estimate of drug-likeness (QED) is 0.842. The molecule has 1 atom stereocenters. The third-order valence-corrected chi connectivity index (χ3v) is 3.32. The van der Waals surface area contributed by atoms with Gasteiger partial charge in [0.2, 0.25) is 0 Å². The van der Waals surface area contributed by atoms with Crippen LogP contribution in [0, 0.1) is 0 Å². The van der Waals surface area contributed by atoms with Crippen LogP contribution in [0.15, 0.2) is 48.8 Å². The van der Waals surface area contributed by atoms with E-state index in [-0.39, 0.29) is 12.4 Å². The van der Waals surface area contributed by atoms with E-state index in [2.05, 4.69) is 4.98 Å². The van der Waals surface area contributed by atoms with Crippen molar-refractivity contribution in [2.24, 2.45) is 0 Å². The van der Waals surface area contributed by atoms with E-state index >= 15 is 0 Å². The van der Waals surface area contributed by atoms with Crippen molar-refractivity contribution in [1.82, 2.24) is 9.88 Å². The highest BCUT2D eigenvalue weighted by molar-refractivity contribution is 5.28. The molecule has 0 fully saturated rings. The van der Waals surface area contributed by atoms with Crippen LogP contribution in [-0.2, 0) is 12.7 Å². The number of hydrogen-bond donors (Lipinski definition) is 1. The van der Waals surface area contributed by atoms with E-state index in [1.54, 1.807) is 12.4 Å². The van der Waals surface area contributed by atoms with Crippen LogP contribution in [0.1, 0.15) is 11.1 Å². The molecular weight excluding hydrogens is 321 g/mol. The predicted molar refractivity (Wildman–Crippen MR) is 83.5 cm³/mol. The molecule has 0 saturated carbocycles. The third kappa shape index (κ3) is 5.82. The van der Waals surface area contributed by atoms with Crippen LogP contribution < -0.4 is 4.74 Å². The number of rotatable bonds is 7. The summed E-state index contributed by atoms with van der Waals surface area (Å²) in [7, 11) is 1.86. The molecule has 0 spiro atoms. The maximum Gasteiger partial charge on any atom is 0.416 e. The molecule has 130 valence electrons. The highest BCUT2D eigenvalue weighted by atomic mass is 19.4. The Morgan fingerprint density at radius 1 is 1.21 bits per heavy atom. The number of halogens is 3. The number of benzene rings is 1. The normalized spacial score (nSPS) is 13.1. The second kappa shape index (κ2) is 8.12. The lowest BCUT2D eigenvalue weighted by atomic mass is 10.2. The SMILES string of the molecule is CN(Cc1cccnc1)C[C@H](O)COc1ccc(C(F)(F)F)cc1. The number of hydrogen-bond acceptors (Lipinski definition) is 4. The molecule has 1 heterocycles. The van der Waals surface area contributed by atoms with Gasteiger partial charge in [0.15, 0.2) is 0 Å². The molecule has 0 aliphatic rings. The molecule has 0 aliphatic carbocycles. The van der Waals surface area contributed by atoms with Crippen LogP contribution in [0.25, 0.3) is 0 Å². The monoisotopic (exact) mass is 340 g/mol. The summed E-state index contributed by atoms with van der Waals surface area (Å²) < 4.78 is 42.7. The third-order valence-electron chi connectivity index (χ3n) is 3.32. The first kappa shape index (κ1) is 18.2. The molecule has 1 aromatic carbocycles. The summed E-state index contributed by atoms with van der Waals surface area (Å²) >= 11 is 0. The molecular formula is C17H19F3N2O2. The van der Waals surface area contributed by atoms with Gasteiger partial charge in [-0.15, -0.1) is 0 Å². The number of alkyl halides is 3. The Morgan fingerprint density at radius 3 is 2.50 bits per heavy atom. The van der Waals surface area contributed by atoms with Crippen molar-refractivity contribution in [2.75, 3.05) is 20.2 Å². The number of pyridine rings is 1. The fourth-order valence-electron chi connectivity index (χ4n) is 2.21. The summed E-state index contributed by atoms with van der Waals surface area (Å²) in [6, 6.07) is 8.18. The van der Waals surface area contributed by atoms with Crippen LogP contribution in [0.4, 0.5) is 13.2 Å². The highest BCUT2D eigenvalue weighted by Gasteiger charge is 2.30. The van der Waals surface area contributed by atoms with Crippen LogP contribution in [-0.4, -0.2) is 41.3 Å². The van der Waals surface area contributed by atoms with Crippen molar-refractivity contribution in [3.8, 4) is 5.75 Å². The Hall–Kier alpha value is -2.12. The van der Waals surface area contributed by atoms with Gasteiger partial charge < -0.3 is 9.84 Å². The zero-order valence-electron chi connectivity index (χ0n) is 13.2. The standard InChI is InChI=1S/C17H19F3N2O2/c1-22(10-13-3-2-8-21-9-13)11-15(23)12-24-16-6-4-14(5-7-16)17(18,19)20/h2-9,15,23H,10-12H2,1H3/t15-/m0/s1. The number of aliphatic hydroxyl groups excluding tert-OH is 1. The van der Waals surface area contributed by atoms with Crippen molar-refractivity contribution in [3.05, 3.63) is 59.9 Å². The zero-order valence-corrected chi connectivity index (χ0v) is 13.2. The second-order valence-corrected chi connectivity index (χ2v) is 5.54. The Labute approximate surface area is 138 Å². The summed E-state index contributed by atoms with van der Waals surface area (Å²) in [6.07, 6.45) is -1.68. The van der Waals surface area contributed by atoms with Crippen molar-refractivity contribution in [1.29, 1.82) is 0 Å². The van der Waals surface area contributed by atoms with E-state index in [9.17, 15) is 18.3 Å². The average molecular weight is 340 g/mol. The van der Waals surface area contributed by atoms with E-state index in [0.717, 1.165) is 17.7 Å². The molecule has 0 aliphatic heterocycles. The first-order valence-electron chi connectivity index (χ1n) is 7.40. The van der Waals surface area contributed by atoms with Crippen molar-refractivity contribution in [2.45, 2.75) is 18.8 Å². The Kier molecular flexibility index (Phi) is 6.16. The minimum Gasteiger partial charge on any atom is -0.491 e. The Morgan fingerprint density at radius 2 is 1.92 bits per heavy atom. The molecule has 7 heteroatoms. The van der Waals surface area contributed by atoms with E-state index < -0.39 is 17.8 Å². The summed E-state index contributed by atoms with van der Waals surface area (Å²) in [5.74, 6) is 0.289. The lowest BCUT2D eigenvalue weighted by Crippen LogP contribution is -2.32. The first-order chi connectivity index (χ1) is 11.3. The summed E-state index contributed by atoms with van der Waals surface area (Å²) in [4.78, 5) is 5.94. The zero-order chi connectivity index (χ0) is 17.6. The van der Waals surface area contributed by atoms with Gasteiger partial charge in [0, 0.05) is 25.5 Å². The summed E-state index contributed by atoms with van der Waals surface area (Å²) in [6.45, 7) is 1.00. The van der Waals surface area contributed by atoms with Gasteiger partial charge in [-0.05, 0) is 42.9 Å².